The number of hydrogen-bond acceptors (Lipinski definition) is 6. The molecule has 3 heterocycles. The second kappa shape index (κ2) is 6.24. The van der Waals surface area contributed by atoms with Gasteiger partial charge in [0.25, 0.3) is 11.4 Å². The standard InChI is InChI=1S/C18H12ClN3O6/c1-7-4-10(18(26)27)12(28-7)6-22-17(25)13-14(16(24)21-22)20-11-5-8(19)2-3-9(11)15(13)23/h2-5H,6H2,1H3,(H,20,23)(H,21,24)(H,26,27). The molecular formula is C18H12ClN3O6. The minimum absolute atomic E-state index is 0.0256. The van der Waals surface area contributed by atoms with Gasteiger partial charge in [0.05, 0.1) is 5.52 Å². The molecule has 4 aromatic rings. The first kappa shape index (κ1) is 17.8. The van der Waals surface area contributed by atoms with Crippen LogP contribution in [0.1, 0.15) is 21.9 Å². The summed E-state index contributed by atoms with van der Waals surface area (Å²) in [5, 5.41) is 23.6. The van der Waals surface area contributed by atoms with E-state index in [0.717, 1.165) is 4.68 Å². The number of aryl methyl sites for hydroxylation is 1. The molecule has 0 saturated heterocycles. The number of H-pyrrole nitrogens is 1. The molecule has 0 saturated carbocycles. The van der Waals surface area contributed by atoms with E-state index in [2.05, 4.69) is 10.1 Å². The molecule has 0 bridgehead atoms. The van der Waals surface area contributed by atoms with Crippen LogP contribution in [0.5, 0.6) is 5.88 Å². The number of nitrogens with zero attached hydrogens (tertiary/aromatic N) is 2. The number of carbonyl (C=O) groups is 1. The fourth-order valence-corrected chi connectivity index (χ4v) is 3.25. The molecule has 0 atom stereocenters. The van der Waals surface area contributed by atoms with Crippen LogP contribution in [-0.4, -0.2) is 30.9 Å². The molecule has 0 aliphatic carbocycles. The number of fused-ring (bicyclic) bond motifs is 2. The summed E-state index contributed by atoms with van der Waals surface area (Å²) < 4.78 is 6.13. The number of hydrogen-bond donors (Lipinski definition) is 3. The van der Waals surface area contributed by atoms with Gasteiger partial charge in [0.2, 0.25) is 5.43 Å². The molecule has 0 aliphatic rings. The van der Waals surface area contributed by atoms with Crippen molar-refractivity contribution in [2.24, 2.45) is 0 Å². The van der Waals surface area contributed by atoms with E-state index in [1.165, 1.54) is 24.3 Å². The lowest BCUT2D eigenvalue weighted by Crippen LogP contribution is -2.28. The van der Waals surface area contributed by atoms with Gasteiger partial charge in [0.1, 0.15) is 34.5 Å². The van der Waals surface area contributed by atoms with Crippen LogP contribution in [-0.2, 0) is 6.54 Å². The number of aromatic amines is 1. The van der Waals surface area contributed by atoms with Gasteiger partial charge in [-0.05, 0) is 31.2 Å². The smallest absolute Gasteiger partial charge is 0.339 e. The summed E-state index contributed by atoms with van der Waals surface area (Å²) in [6.45, 7) is 1.20. The zero-order valence-corrected chi connectivity index (χ0v) is 15.1. The Morgan fingerprint density at radius 3 is 2.79 bits per heavy atom. The van der Waals surface area contributed by atoms with Crippen molar-refractivity contribution in [3.63, 3.8) is 0 Å². The number of benzene rings is 1. The molecule has 0 amide bonds. The van der Waals surface area contributed by atoms with Gasteiger partial charge in [-0.15, -0.1) is 5.10 Å². The van der Waals surface area contributed by atoms with E-state index < -0.39 is 22.8 Å². The van der Waals surface area contributed by atoms with E-state index in [1.807, 2.05) is 0 Å². The van der Waals surface area contributed by atoms with Crippen LogP contribution >= 0.6 is 11.6 Å². The van der Waals surface area contributed by atoms with Crippen LogP contribution in [0.15, 0.2) is 38.3 Å². The van der Waals surface area contributed by atoms with Crippen molar-refractivity contribution in [3.05, 3.63) is 66.9 Å². The summed E-state index contributed by atoms with van der Waals surface area (Å²) in [7, 11) is 0. The van der Waals surface area contributed by atoms with Crippen molar-refractivity contribution in [2.75, 3.05) is 0 Å². The van der Waals surface area contributed by atoms with Crippen molar-refractivity contribution in [1.82, 2.24) is 14.8 Å². The van der Waals surface area contributed by atoms with E-state index in [9.17, 15) is 24.6 Å². The molecule has 1 aromatic carbocycles. The average Bonchev–Trinajstić information content (AvgIpc) is 2.99. The van der Waals surface area contributed by atoms with Crippen molar-refractivity contribution in [2.45, 2.75) is 13.5 Å². The molecule has 4 rings (SSSR count). The number of carboxylic acids is 1. The molecule has 142 valence electrons. The molecule has 0 spiro atoms. The second-order valence-corrected chi connectivity index (χ2v) is 6.62. The summed E-state index contributed by atoms with van der Waals surface area (Å²) in [6, 6.07) is 5.78. The van der Waals surface area contributed by atoms with Gasteiger partial charge < -0.3 is 19.6 Å². The van der Waals surface area contributed by atoms with Crippen molar-refractivity contribution >= 4 is 39.4 Å². The highest BCUT2D eigenvalue weighted by Crippen LogP contribution is 2.22. The molecule has 3 aromatic heterocycles. The quantitative estimate of drug-likeness (QED) is 0.447. The number of halogens is 1. The third-order valence-electron chi connectivity index (χ3n) is 4.31. The van der Waals surface area contributed by atoms with Gasteiger partial charge >= 0.3 is 5.97 Å². The van der Waals surface area contributed by atoms with Crippen LogP contribution in [0.4, 0.5) is 0 Å². The highest BCUT2D eigenvalue weighted by Gasteiger charge is 2.20. The highest BCUT2D eigenvalue weighted by molar-refractivity contribution is 6.31. The number of aromatic nitrogens is 3. The second-order valence-electron chi connectivity index (χ2n) is 6.18. The molecule has 0 fully saturated rings. The highest BCUT2D eigenvalue weighted by atomic mass is 35.5. The van der Waals surface area contributed by atoms with Gasteiger partial charge in [-0.3, -0.25) is 9.59 Å². The van der Waals surface area contributed by atoms with Crippen LogP contribution in [0.25, 0.3) is 21.8 Å². The molecule has 10 heteroatoms. The molecule has 0 radical (unpaired) electrons. The Balaban J connectivity index is 1.98. The van der Waals surface area contributed by atoms with Crippen LogP contribution in [0.3, 0.4) is 0 Å². The number of carboxylic acid groups (broad SMARTS) is 1. The molecule has 0 unspecified atom stereocenters. The van der Waals surface area contributed by atoms with Crippen molar-refractivity contribution in [1.29, 1.82) is 0 Å². The maximum Gasteiger partial charge on any atom is 0.339 e. The van der Waals surface area contributed by atoms with Gasteiger partial charge in [-0.2, -0.15) is 0 Å². The first-order chi connectivity index (χ1) is 13.3. The summed E-state index contributed by atoms with van der Waals surface area (Å²) in [5.41, 5.74) is -1.32. The molecule has 28 heavy (non-hydrogen) atoms. The van der Waals surface area contributed by atoms with E-state index in [1.54, 1.807) is 6.92 Å². The topological polar surface area (TPSA) is 138 Å². The van der Waals surface area contributed by atoms with Gasteiger partial charge in [-0.25, -0.2) is 9.48 Å². The van der Waals surface area contributed by atoms with E-state index in [-0.39, 0.29) is 34.2 Å². The average molecular weight is 402 g/mol. The van der Waals surface area contributed by atoms with Crippen LogP contribution < -0.4 is 11.0 Å². The first-order valence-electron chi connectivity index (χ1n) is 8.04. The Labute approximate surface area is 160 Å². The first-order valence-corrected chi connectivity index (χ1v) is 8.42. The van der Waals surface area contributed by atoms with Crippen molar-refractivity contribution < 1.29 is 19.4 Å². The van der Waals surface area contributed by atoms with Crippen molar-refractivity contribution in [3.8, 4) is 5.88 Å². The molecule has 3 N–H and O–H groups in total. The van der Waals surface area contributed by atoms with E-state index in [0.29, 0.717) is 16.3 Å². The monoisotopic (exact) mass is 401 g/mol. The number of rotatable bonds is 3. The van der Waals surface area contributed by atoms with Gasteiger partial charge in [0.15, 0.2) is 0 Å². The largest absolute Gasteiger partial charge is 0.491 e. The lowest BCUT2D eigenvalue weighted by molar-refractivity contribution is 0.0694. The lowest BCUT2D eigenvalue weighted by atomic mass is 10.1. The summed E-state index contributed by atoms with van der Waals surface area (Å²) in [5.74, 6) is -1.51. The summed E-state index contributed by atoms with van der Waals surface area (Å²) >= 11 is 5.93. The van der Waals surface area contributed by atoms with Gasteiger partial charge in [0, 0.05) is 10.4 Å². The number of furan rings is 1. The molecule has 0 aliphatic heterocycles. The predicted molar refractivity (Wildman–Crippen MR) is 100 cm³/mol. The Morgan fingerprint density at radius 1 is 1.32 bits per heavy atom. The Morgan fingerprint density at radius 2 is 2.07 bits per heavy atom. The van der Waals surface area contributed by atoms with Crippen LogP contribution in [0.2, 0.25) is 5.02 Å². The van der Waals surface area contributed by atoms with E-state index in [4.69, 9.17) is 16.0 Å². The zero-order valence-electron chi connectivity index (χ0n) is 14.3. The summed E-state index contributed by atoms with van der Waals surface area (Å²) in [4.78, 5) is 39.8. The van der Waals surface area contributed by atoms with Crippen LogP contribution in [0, 0.1) is 6.92 Å². The Kier molecular flexibility index (Phi) is 3.97. The predicted octanol–water partition coefficient (Wildman–Crippen LogP) is 2.24. The SMILES string of the molecule is Cc1cc(C(=O)O)c(Cn2nc(O)c3[nH]c4cc(Cl)ccc4c(=O)c3c2=O)o1. The normalized spacial score (nSPS) is 11.4. The number of nitrogens with one attached hydrogen (secondary N) is 1. The third kappa shape index (κ3) is 2.72. The Hall–Kier alpha value is -3.59. The number of aromatic hydroxyl groups is 1. The third-order valence-corrected chi connectivity index (χ3v) is 4.54. The fourth-order valence-electron chi connectivity index (χ4n) is 3.08. The summed E-state index contributed by atoms with van der Waals surface area (Å²) in [6.07, 6.45) is 0. The number of pyridine rings is 1. The van der Waals surface area contributed by atoms with E-state index >= 15 is 0 Å². The molecular weight excluding hydrogens is 390 g/mol. The van der Waals surface area contributed by atoms with Gasteiger partial charge in [-0.1, -0.05) is 11.6 Å². The number of aromatic carboxylic acids is 1. The fraction of sp³-hybridized carbons (Fsp3) is 0.111. The maximum atomic E-state index is 12.9. The molecule has 9 nitrogen and oxygen atoms in total. The minimum atomic E-state index is -1.23. The lowest BCUT2D eigenvalue weighted by Gasteiger charge is -2.08. The minimum Gasteiger partial charge on any atom is -0.491 e. The zero-order chi connectivity index (χ0) is 20.2. The Bertz CT molecular complexity index is 1400. The maximum absolute atomic E-state index is 12.9.